The number of nitrogens with zero attached hydrogens (tertiary/aromatic N) is 6. The van der Waals surface area contributed by atoms with Gasteiger partial charge in [0.05, 0.1) is 10.8 Å². The zero-order chi connectivity index (χ0) is 73.9. The van der Waals surface area contributed by atoms with E-state index in [1.807, 2.05) is 78.9 Å². The molecule has 522 valence electrons. The smallest absolute Gasteiger partial charge is 0.164 e. The first-order valence-electron chi connectivity index (χ1n) is 38.0. The number of hydrogen-bond donors (Lipinski definition) is 0. The number of rotatable bonds is 11. The maximum absolute atomic E-state index is 7.25. The molecule has 0 fully saturated rings. The molecule has 2 aliphatic carbocycles. The molecule has 0 saturated heterocycles. The second-order valence-corrected chi connectivity index (χ2v) is 29.0. The van der Waals surface area contributed by atoms with Crippen LogP contribution in [0.25, 0.3) is 146 Å². The molecule has 0 radical (unpaired) electrons. The van der Waals surface area contributed by atoms with Gasteiger partial charge in [0.15, 0.2) is 34.9 Å². The largest absolute Gasteiger partial charge is 0.457 e. The second kappa shape index (κ2) is 25.9. The van der Waals surface area contributed by atoms with Crippen molar-refractivity contribution in [2.24, 2.45) is 0 Å². The number of hydrogen-bond acceptors (Lipinski definition) is 8. The van der Waals surface area contributed by atoms with Crippen LogP contribution in [0.3, 0.4) is 0 Å². The van der Waals surface area contributed by atoms with E-state index in [1.165, 1.54) is 44.5 Å². The molecule has 0 saturated carbocycles. The number of ether oxygens (including phenoxy) is 2. The van der Waals surface area contributed by atoms with Crippen LogP contribution in [0.4, 0.5) is 0 Å². The van der Waals surface area contributed by atoms with Gasteiger partial charge in [-0.2, -0.15) is 0 Å². The third kappa shape index (κ3) is 10.2. The van der Waals surface area contributed by atoms with Crippen LogP contribution in [0.15, 0.2) is 388 Å². The third-order valence-electron chi connectivity index (χ3n) is 23.0. The van der Waals surface area contributed by atoms with Gasteiger partial charge in [0.2, 0.25) is 0 Å². The second-order valence-electron chi connectivity index (χ2n) is 29.0. The molecule has 2 aliphatic heterocycles. The van der Waals surface area contributed by atoms with Gasteiger partial charge >= 0.3 is 0 Å². The van der Waals surface area contributed by atoms with Gasteiger partial charge in [-0.3, -0.25) is 0 Å². The first kappa shape index (κ1) is 64.3. The molecule has 0 amide bonds. The highest BCUT2D eigenvalue weighted by Crippen LogP contribution is 2.65. The zero-order valence-corrected chi connectivity index (χ0v) is 60.5. The van der Waals surface area contributed by atoms with E-state index in [-0.39, 0.29) is 0 Å². The summed E-state index contributed by atoms with van der Waals surface area (Å²) in [6.07, 6.45) is 0. The Morgan fingerprint density at radius 1 is 0.143 bits per heavy atom. The lowest BCUT2D eigenvalue weighted by Gasteiger charge is -2.40. The summed E-state index contributed by atoms with van der Waals surface area (Å²) in [4.78, 5) is 31.6. The van der Waals surface area contributed by atoms with Crippen LogP contribution in [0.2, 0.25) is 0 Å². The Hall–Kier alpha value is -14.9. The summed E-state index contributed by atoms with van der Waals surface area (Å²) < 4.78 is 14.1. The van der Waals surface area contributed by atoms with E-state index in [0.29, 0.717) is 34.9 Å². The minimum atomic E-state index is -0.803. The van der Waals surface area contributed by atoms with E-state index >= 15 is 0 Å². The first-order chi connectivity index (χ1) is 55.5. The minimum Gasteiger partial charge on any atom is -0.457 e. The van der Waals surface area contributed by atoms with E-state index in [1.54, 1.807) is 0 Å². The Labute approximate surface area is 648 Å². The lowest BCUT2D eigenvalue weighted by atomic mass is 9.65. The van der Waals surface area contributed by atoms with Crippen LogP contribution in [-0.2, 0) is 10.8 Å². The molecule has 2 spiro atoms. The summed E-state index contributed by atoms with van der Waals surface area (Å²) in [6, 6.07) is 138. The fraction of sp³-hybridized carbons (Fsp3) is 0.0192. The molecule has 22 rings (SSSR count). The quantitative estimate of drug-likeness (QED) is 0.126. The first-order valence-corrected chi connectivity index (χ1v) is 38.0. The van der Waals surface area contributed by atoms with Crippen LogP contribution in [0, 0.1) is 0 Å². The van der Waals surface area contributed by atoms with Gasteiger partial charge in [-0.1, -0.05) is 334 Å². The van der Waals surface area contributed by atoms with Crippen LogP contribution in [0.5, 0.6) is 23.0 Å². The highest BCUT2D eigenvalue weighted by Gasteiger charge is 2.53. The average molecular weight is 1430 g/mol. The SMILES string of the molecule is c1ccc(-c2nc(-c3cccc(-c4ccc5c(c4)C4(c6cc(-c7ccccc7-c7ccccc7-c7nc(-c8ccccc8)nc(-c8ccccc8)n7)ccc6O5)c5ccccc5-c5ccccc54)c3)nc(-c3cccc(-c4ccccc4-c4ccc5c(c4)C4(c6ccccc6O5)c5ccccc5-c5ccccc54)c3)n2)cc1. The molecule has 0 unspecified atom stereocenters. The maximum atomic E-state index is 7.25. The fourth-order valence-electron chi connectivity index (χ4n) is 18.1. The number of aromatic nitrogens is 6. The third-order valence-corrected chi connectivity index (χ3v) is 23.0. The van der Waals surface area contributed by atoms with Crippen molar-refractivity contribution in [1.82, 2.24) is 29.9 Å². The monoisotopic (exact) mass is 1430 g/mol. The normalized spacial score (nSPS) is 13.1. The Bertz CT molecular complexity index is 6710. The number of para-hydroxylation sites is 1. The van der Waals surface area contributed by atoms with Crippen LogP contribution in [-0.4, -0.2) is 29.9 Å². The standard InChI is InChI=1S/C104H64N6O2/c1-4-28-65(29-5-1)97-106-100(108-101(107-97)74-37-27-35-70(61-74)75-38-10-11-39-76(75)71-55-58-95-91(63-71)103(89-52-24-25-53-93(89)111-95)85-48-20-16-43-80(85)81-44-17-21-49-86(81)103)73-36-26-34-68(60-73)69-54-57-94-90(62-69)104(87-50-22-18-45-82(87)83-46-19-23-51-88(83)104)92-64-72(56-59-96(92)112-94)77-40-12-13-41-78(77)79-42-14-15-47-84(79)102-109-98(66-30-6-2-7-31-66)105-99(110-102)67-32-8-3-9-33-67/h1-64H. The molecule has 112 heavy (non-hydrogen) atoms. The number of benzene rings is 16. The molecular weight excluding hydrogens is 1370 g/mol. The summed E-state index contributed by atoms with van der Waals surface area (Å²) in [5, 5.41) is 0. The van der Waals surface area contributed by atoms with Crippen molar-refractivity contribution in [3.63, 3.8) is 0 Å². The van der Waals surface area contributed by atoms with E-state index in [2.05, 4.69) is 309 Å². The predicted molar refractivity (Wildman–Crippen MR) is 448 cm³/mol. The van der Waals surface area contributed by atoms with Crippen LogP contribution >= 0.6 is 0 Å². The minimum absolute atomic E-state index is 0.557. The van der Waals surface area contributed by atoms with Gasteiger partial charge < -0.3 is 9.47 Å². The molecule has 4 aliphatic rings. The van der Waals surface area contributed by atoms with Gasteiger partial charge in [-0.05, 0) is 155 Å². The average Bonchev–Trinajstić information content (AvgIpc) is 1.52. The van der Waals surface area contributed by atoms with Gasteiger partial charge in [0, 0.05) is 55.6 Å². The van der Waals surface area contributed by atoms with Crippen molar-refractivity contribution in [1.29, 1.82) is 0 Å². The molecule has 0 N–H and O–H groups in total. The van der Waals surface area contributed by atoms with E-state index in [0.717, 1.165) is 134 Å². The van der Waals surface area contributed by atoms with Gasteiger partial charge in [0.1, 0.15) is 23.0 Å². The van der Waals surface area contributed by atoms with Crippen molar-refractivity contribution >= 4 is 0 Å². The molecule has 0 atom stereocenters. The Morgan fingerprint density at radius 2 is 0.393 bits per heavy atom. The van der Waals surface area contributed by atoms with E-state index < -0.39 is 10.8 Å². The molecular formula is C104H64N6O2. The van der Waals surface area contributed by atoms with Crippen LogP contribution in [0.1, 0.15) is 44.5 Å². The van der Waals surface area contributed by atoms with Crippen molar-refractivity contribution < 1.29 is 9.47 Å². The highest BCUT2D eigenvalue weighted by atomic mass is 16.5. The Kier molecular flexibility index (Phi) is 14.9. The highest BCUT2D eigenvalue weighted by molar-refractivity contribution is 5.96. The molecule has 2 aromatic heterocycles. The fourth-order valence-corrected chi connectivity index (χ4v) is 18.1. The molecule has 8 heteroatoms. The molecule has 4 heterocycles. The summed E-state index contributed by atoms with van der Waals surface area (Å²) >= 11 is 0. The van der Waals surface area contributed by atoms with Crippen molar-refractivity contribution in [3.05, 3.63) is 433 Å². The maximum Gasteiger partial charge on any atom is 0.164 e. The zero-order valence-electron chi connectivity index (χ0n) is 60.5. The predicted octanol–water partition coefficient (Wildman–Crippen LogP) is 25.3. The van der Waals surface area contributed by atoms with Gasteiger partial charge in [-0.15, -0.1) is 0 Å². The molecule has 8 nitrogen and oxygen atoms in total. The van der Waals surface area contributed by atoms with Crippen molar-refractivity contribution in [3.8, 4) is 169 Å². The summed E-state index contributed by atoms with van der Waals surface area (Å²) in [7, 11) is 0. The summed E-state index contributed by atoms with van der Waals surface area (Å²) in [5.41, 5.74) is 28.4. The topological polar surface area (TPSA) is 95.8 Å². The summed E-state index contributed by atoms with van der Waals surface area (Å²) in [6.45, 7) is 0. The van der Waals surface area contributed by atoms with Gasteiger partial charge in [-0.25, -0.2) is 29.9 Å². The molecule has 16 aromatic carbocycles. The van der Waals surface area contributed by atoms with E-state index in [4.69, 9.17) is 39.4 Å². The van der Waals surface area contributed by atoms with Crippen molar-refractivity contribution in [2.45, 2.75) is 10.8 Å². The Balaban J connectivity index is 0.645. The molecule has 0 bridgehead atoms. The summed E-state index contributed by atoms with van der Waals surface area (Å²) in [5.74, 6) is 6.80. The lowest BCUT2D eigenvalue weighted by Crippen LogP contribution is -2.32. The van der Waals surface area contributed by atoms with Crippen LogP contribution < -0.4 is 9.47 Å². The Morgan fingerprint density at radius 3 is 0.830 bits per heavy atom. The van der Waals surface area contributed by atoms with Crippen molar-refractivity contribution in [2.75, 3.05) is 0 Å². The van der Waals surface area contributed by atoms with Gasteiger partial charge in [0.25, 0.3) is 0 Å². The number of fused-ring (bicyclic) bond motifs is 18. The van der Waals surface area contributed by atoms with E-state index in [9.17, 15) is 0 Å². The molecule has 18 aromatic rings. The lowest BCUT2D eigenvalue weighted by molar-refractivity contribution is 0.436.